The molecule has 5 heterocycles. The van der Waals surface area contributed by atoms with E-state index in [0.29, 0.717) is 17.2 Å². The average molecular weight is 462 g/mol. The van der Waals surface area contributed by atoms with Crippen LogP contribution in [0, 0.1) is 5.92 Å². The minimum atomic E-state index is -4.44. The quantitative estimate of drug-likeness (QED) is 0.600. The van der Waals surface area contributed by atoms with Crippen LogP contribution in [-0.4, -0.2) is 43.6 Å². The molecule has 4 unspecified atom stereocenters. The van der Waals surface area contributed by atoms with Crippen molar-refractivity contribution in [3.05, 3.63) is 59.4 Å². The van der Waals surface area contributed by atoms with Gasteiger partial charge in [0.15, 0.2) is 0 Å². The molecular weight excluding hydrogens is 441 g/mol. The normalized spacial score (nSPS) is 24.4. The number of aliphatic hydroxyl groups excluding tert-OH is 1. The highest BCUT2D eigenvalue weighted by Crippen LogP contribution is 2.42. The molecule has 2 aliphatic heterocycles. The van der Waals surface area contributed by atoms with Crippen LogP contribution in [0.2, 0.25) is 0 Å². The Kier molecular flexibility index (Phi) is 5.60. The Morgan fingerprint density at radius 3 is 2.69 bits per heavy atom. The first-order chi connectivity index (χ1) is 15.4. The standard InChI is InChI=1S/C22H21F3N4O2S/c23-22(24,25)14-4-6-18(28-11-14)31-17-10-13-3-5-16(17)29(12-13)21(30)15-2-1-7-26-19(15)20-27-8-9-32-20/h1-2,4,6-9,11,13,16-17,21,30H,3,5,10,12H2. The smallest absolute Gasteiger partial charge is 0.417 e. The number of fused-ring (bicyclic) bond motifs is 3. The van der Waals surface area contributed by atoms with Gasteiger partial charge in [0.25, 0.3) is 0 Å². The van der Waals surface area contributed by atoms with Crippen LogP contribution in [-0.2, 0) is 6.18 Å². The number of halogens is 3. The summed E-state index contributed by atoms with van der Waals surface area (Å²) < 4.78 is 44.5. The van der Waals surface area contributed by atoms with Crippen molar-refractivity contribution in [2.75, 3.05) is 6.54 Å². The van der Waals surface area contributed by atoms with Gasteiger partial charge in [0.2, 0.25) is 5.88 Å². The second kappa shape index (κ2) is 8.42. The van der Waals surface area contributed by atoms with Gasteiger partial charge in [-0.15, -0.1) is 11.3 Å². The maximum absolute atomic E-state index is 12.8. The molecule has 10 heteroatoms. The fraction of sp³-hybridized carbons (Fsp3) is 0.409. The Morgan fingerprint density at radius 1 is 1.12 bits per heavy atom. The summed E-state index contributed by atoms with van der Waals surface area (Å²) in [6, 6.07) is 5.80. The lowest BCUT2D eigenvalue weighted by Gasteiger charge is -2.51. The highest BCUT2D eigenvalue weighted by Gasteiger charge is 2.45. The Morgan fingerprint density at radius 2 is 2.00 bits per heavy atom. The highest BCUT2D eigenvalue weighted by molar-refractivity contribution is 7.13. The first kappa shape index (κ1) is 21.3. The lowest BCUT2D eigenvalue weighted by Crippen LogP contribution is -2.58. The van der Waals surface area contributed by atoms with Gasteiger partial charge in [0.1, 0.15) is 23.0 Å². The van der Waals surface area contributed by atoms with Gasteiger partial charge < -0.3 is 9.84 Å². The van der Waals surface area contributed by atoms with Crippen molar-refractivity contribution in [2.24, 2.45) is 5.92 Å². The van der Waals surface area contributed by atoms with Crippen molar-refractivity contribution >= 4 is 11.3 Å². The van der Waals surface area contributed by atoms with Crippen LogP contribution in [0.15, 0.2) is 48.2 Å². The topological polar surface area (TPSA) is 71.4 Å². The predicted molar refractivity (Wildman–Crippen MR) is 112 cm³/mol. The van der Waals surface area contributed by atoms with Crippen LogP contribution >= 0.6 is 11.3 Å². The molecule has 3 aliphatic rings. The fourth-order valence-corrected chi connectivity index (χ4v) is 5.33. The van der Waals surface area contributed by atoms with E-state index in [1.54, 1.807) is 18.5 Å². The molecule has 3 fully saturated rings. The highest BCUT2D eigenvalue weighted by atomic mass is 32.1. The molecule has 3 aromatic rings. The van der Waals surface area contributed by atoms with Gasteiger partial charge >= 0.3 is 6.18 Å². The lowest BCUT2D eigenvalue weighted by molar-refractivity contribution is -0.138. The van der Waals surface area contributed by atoms with Gasteiger partial charge in [-0.1, -0.05) is 6.07 Å². The summed E-state index contributed by atoms with van der Waals surface area (Å²) in [6.07, 6.45) is 1.23. The van der Waals surface area contributed by atoms with Crippen molar-refractivity contribution < 1.29 is 23.0 Å². The van der Waals surface area contributed by atoms with E-state index < -0.39 is 18.0 Å². The Balaban J connectivity index is 1.37. The van der Waals surface area contributed by atoms with Gasteiger partial charge in [0, 0.05) is 48.2 Å². The van der Waals surface area contributed by atoms with Crippen LogP contribution in [0.4, 0.5) is 13.2 Å². The first-order valence-corrected chi connectivity index (χ1v) is 11.3. The van der Waals surface area contributed by atoms with E-state index in [0.717, 1.165) is 43.1 Å². The van der Waals surface area contributed by atoms with Gasteiger partial charge in [-0.2, -0.15) is 13.2 Å². The number of hydrogen-bond donors (Lipinski definition) is 1. The van der Waals surface area contributed by atoms with E-state index in [-0.39, 0.29) is 18.0 Å². The SMILES string of the molecule is OC(c1cccnc1-c1nccs1)N1CC2CCC1C(Oc1ccc(C(F)(F)F)cn1)C2. The number of aliphatic hydroxyl groups is 1. The monoisotopic (exact) mass is 462 g/mol. The van der Waals surface area contributed by atoms with Gasteiger partial charge in [-0.3, -0.25) is 9.88 Å². The number of ether oxygens (including phenoxy) is 1. The molecule has 0 spiro atoms. The summed E-state index contributed by atoms with van der Waals surface area (Å²) >= 11 is 1.46. The second-order valence-corrected chi connectivity index (χ2v) is 9.03. The van der Waals surface area contributed by atoms with Gasteiger partial charge in [-0.05, 0) is 37.3 Å². The van der Waals surface area contributed by atoms with Crippen molar-refractivity contribution in [2.45, 2.75) is 43.8 Å². The number of aromatic nitrogens is 3. The maximum Gasteiger partial charge on any atom is 0.417 e. The fourth-order valence-electron chi connectivity index (χ4n) is 4.68. The van der Waals surface area contributed by atoms with E-state index in [2.05, 4.69) is 15.0 Å². The summed E-state index contributed by atoms with van der Waals surface area (Å²) in [5.41, 5.74) is 0.526. The summed E-state index contributed by atoms with van der Waals surface area (Å²) in [5, 5.41) is 13.9. The largest absolute Gasteiger partial charge is 0.473 e. The van der Waals surface area contributed by atoms with Crippen molar-refractivity contribution in [1.29, 1.82) is 0 Å². The molecule has 0 aromatic carbocycles. The lowest BCUT2D eigenvalue weighted by atomic mass is 9.77. The number of pyridine rings is 2. The number of nitrogens with zero attached hydrogens (tertiary/aromatic N) is 4. The molecule has 0 amide bonds. The van der Waals surface area contributed by atoms with Crippen molar-refractivity contribution in [3.63, 3.8) is 0 Å². The maximum atomic E-state index is 12.8. The Labute approximate surface area is 186 Å². The molecule has 4 atom stereocenters. The molecule has 1 aliphatic carbocycles. The Bertz CT molecular complexity index is 1060. The molecule has 0 radical (unpaired) electrons. The molecule has 1 saturated carbocycles. The van der Waals surface area contributed by atoms with E-state index >= 15 is 0 Å². The third kappa shape index (κ3) is 4.10. The van der Waals surface area contributed by atoms with E-state index in [1.165, 1.54) is 17.4 Å². The van der Waals surface area contributed by atoms with Crippen LogP contribution < -0.4 is 4.74 Å². The Hall–Kier alpha value is -2.56. The summed E-state index contributed by atoms with van der Waals surface area (Å²) in [7, 11) is 0. The average Bonchev–Trinajstić information content (AvgIpc) is 3.33. The van der Waals surface area contributed by atoms with Crippen LogP contribution in [0.3, 0.4) is 0 Å². The molecule has 1 N–H and O–H groups in total. The zero-order chi connectivity index (χ0) is 22.3. The third-order valence-electron chi connectivity index (χ3n) is 6.16. The molecule has 6 rings (SSSR count). The van der Waals surface area contributed by atoms with E-state index in [9.17, 15) is 18.3 Å². The number of rotatable bonds is 5. The molecule has 3 aromatic heterocycles. The third-order valence-corrected chi connectivity index (χ3v) is 6.94. The van der Waals surface area contributed by atoms with Gasteiger partial charge in [-0.25, -0.2) is 9.97 Å². The number of piperidine rings is 2. The van der Waals surface area contributed by atoms with Crippen molar-refractivity contribution in [3.8, 4) is 16.6 Å². The van der Waals surface area contributed by atoms with Crippen molar-refractivity contribution in [1.82, 2.24) is 19.9 Å². The summed E-state index contributed by atoms with van der Waals surface area (Å²) in [6.45, 7) is 0.721. The number of thiazole rings is 1. The van der Waals surface area contributed by atoms with Gasteiger partial charge in [0.05, 0.1) is 5.56 Å². The summed E-state index contributed by atoms with van der Waals surface area (Å²) in [4.78, 5) is 14.6. The zero-order valence-corrected chi connectivity index (χ0v) is 17.8. The molecule has 32 heavy (non-hydrogen) atoms. The number of alkyl halides is 3. The molecule has 2 saturated heterocycles. The van der Waals surface area contributed by atoms with Crippen LogP contribution in [0.5, 0.6) is 5.88 Å². The molecular formula is C22H21F3N4O2S. The van der Waals surface area contributed by atoms with E-state index in [4.69, 9.17) is 4.74 Å². The minimum absolute atomic E-state index is 0.0801. The first-order valence-electron chi connectivity index (χ1n) is 10.4. The zero-order valence-electron chi connectivity index (χ0n) is 16.9. The van der Waals surface area contributed by atoms with E-state index in [1.807, 2.05) is 16.3 Å². The predicted octanol–water partition coefficient (Wildman–Crippen LogP) is 4.54. The molecule has 2 bridgehead atoms. The summed E-state index contributed by atoms with van der Waals surface area (Å²) in [5.74, 6) is 0.490. The number of hydrogen-bond acceptors (Lipinski definition) is 7. The minimum Gasteiger partial charge on any atom is -0.473 e. The van der Waals surface area contributed by atoms with Crippen LogP contribution in [0.25, 0.3) is 10.7 Å². The second-order valence-electron chi connectivity index (χ2n) is 8.13. The molecule has 168 valence electrons. The molecule has 6 nitrogen and oxygen atoms in total. The van der Waals surface area contributed by atoms with Crippen LogP contribution in [0.1, 0.15) is 36.6 Å².